The highest BCUT2D eigenvalue weighted by Crippen LogP contribution is 2.38. The number of amides is 1. The lowest BCUT2D eigenvalue weighted by Crippen LogP contribution is -2.30. The van der Waals surface area contributed by atoms with Gasteiger partial charge in [0.2, 0.25) is 0 Å². The number of aromatic hydroxyl groups is 1. The van der Waals surface area contributed by atoms with Crippen molar-refractivity contribution in [3.05, 3.63) is 34.0 Å². The molecule has 0 radical (unpaired) electrons. The number of thiophene rings is 2. The number of carbonyl (C=O) groups excluding carboxylic acids is 1. The first-order valence-corrected chi connectivity index (χ1v) is 8.03. The lowest BCUT2D eigenvalue weighted by molar-refractivity contribution is -0.135. The first kappa shape index (κ1) is 14.5. The van der Waals surface area contributed by atoms with Gasteiger partial charge in [0.15, 0.2) is 11.4 Å². The second-order valence-electron chi connectivity index (χ2n) is 4.41. The van der Waals surface area contributed by atoms with Gasteiger partial charge in [-0.3, -0.25) is 9.59 Å². The molecule has 22 heavy (non-hydrogen) atoms. The zero-order valence-corrected chi connectivity index (χ0v) is 12.7. The van der Waals surface area contributed by atoms with Crippen molar-refractivity contribution in [2.45, 2.75) is 0 Å². The summed E-state index contributed by atoms with van der Waals surface area (Å²) in [7, 11) is 0. The number of carbonyl (C=O) groups is 2. The number of carboxylic acids is 1. The zero-order chi connectivity index (χ0) is 15.7. The minimum atomic E-state index is -1.16. The van der Waals surface area contributed by atoms with Crippen LogP contribution in [0.5, 0.6) is 5.75 Å². The molecule has 112 valence electrons. The molecule has 0 saturated heterocycles. The van der Waals surface area contributed by atoms with Crippen molar-refractivity contribution in [1.29, 1.82) is 0 Å². The maximum absolute atomic E-state index is 12.1. The highest BCUT2D eigenvalue weighted by Gasteiger charge is 2.21. The van der Waals surface area contributed by atoms with Gasteiger partial charge in [-0.05, 0) is 22.9 Å². The molecular formula is C14H10N2O4S2. The van der Waals surface area contributed by atoms with Crippen molar-refractivity contribution in [3.63, 3.8) is 0 Å². The number of fused-ring (bicyclic) bond motifs is 1. The number of carboxylic acid groups (broad SMARTS) is 1. The summed E-state index contributed by atoms with van der Waals surface area (Å²) >= 11 is 2.92. The molecule has 0 aliphatic carbocycles. The molecule has 0 spiro atoms. The van der Waals surface area contributed by atoms with Crippen LogP contribution in [0.4, 0.5) is 0 Å². The Hall–Kier alpha value is -2.45. The molecule has 3 heterocycles. The minimum absolute atomic E-state index is 0.173. The lowest BCUT2D eigenvalue weighted by Gasteiger charge is -2.08. The summed E-state index contributed by atoms with van der Waals surface area (Å²) < 4.78 is 0.783. The summed E-state index contributed by atoms with van der Waals surface area (Å²) in [6.45, 7) is -0.532. The second kappa shape index (κ2) is 5.74. The normalized spacial score (nSPS) is 10.7. The van der Waals surface area contributed by atoms with Gasteiger partial charge in [0.1, 0.15) is 6.54 Å². The first-order chi connectivity index (χ1) is 10.6. The minimum Gasteiger partial charge on any atom is -0.505 e. The van der Waals surface area contributed by atoms with Gasteiger partial charge in [0, 0.05) is 16.3 Å². The van der Waals surface area contributed by atoms with E-state index in [0.717, 1.165) is 10.3 Å². The van der Waals surface area contributed by atoms with Crippen LogP contribution in [-0.2, 0) is 4.79 Å². The van der Waals surface area contributed by atoms with Gasteiger partial charge in [-0.1, -0.05) is 0 Å². The molecule has 0 saturated carbocycles. The highest BCUT2D eigenvalue weighted by atomic mass is 32.1. The summed E-state index contributed by atoms with van der Waals surface area (Å²) in [4.78, 5) is 26.9. The molecule has 3 rings (SSSR count). The number of nitrogens with one attached hydrogen (secondary N) is 1. The molecular weight excluding hydrogens is 324 g/mol. The smallest absolute Gasteiger partial charge is 0.322 e. The molecule has 8 heteroatoms. The van der Waals surface area contributed by atoms with E-state index in [1.54, 1.807) is 11.4 Å². The van der Waals surface area contributed by atoms with Crippen LogP contribution in [0.15, 0.2) is 28.3 Å². The maximum atomic E-state index is 12.1. The monoisotopic (exact) mass is 334 g/mol. The third-order valence-electron chi connectivity index (χ3n) is 2.99. The molecule has 0 bridgehead atoms. The fourth-order valence-corrected chi connectivity index (χ4v) is 3.56. The molecule has 0 aliphatic rings. The molecule has 3 N–H and O–H groups in total. The van der Waals surface area contributed by atoms with Gasteiger partial charge in [0.05, 0.1) is 10.4 Å². The van der Waals surface area contributed by atoms with Crippen molar-refractivity contribution in [2.24, 2.45) is 0 Å². The quantitative estimate of drug-likeness (QED) is 0.681. The predicted octanol–water partition coefficient (Wildman–Crippen LogP) is 2.54. The zero-order valence-electron chi connectivity index (χ0n) is 11.1. The third kappa shape index (κ3) is 2.53. The Morgan fingerprint density at radius 3 is 2.77 bits per heavy atom. The van der Waals surface area contributed by atoms with Crippen LogP contribution in [0.3, 0.4) is 0 Å². The van der Waals surface area contributed by atoms with E-state index in [4.69, 9.17) is 5.11 Å². The highest BCUT2D eigenvalue weighted by molar-refractivity contribution is 7.17. The van der Waals surface area contributed by atoms with Crippen LogP contribution in [0, 0.1) is 0 Å². The van der Waals surface area contributed by atoms with E-state index in [-0.39, 0.29) is 11.4 Å². The van der Waals surface area contributed by atoms with Gasteiger partial charge < -0.3 is 15.5 Å². The van der Waals surface area contributed by atoms with Gasteiger partial charge in [-0.15, -0.1) is 11.3 Å². The Balaban J connectivity index is 2.13. The van der Waals surface area contributed by atoms with E-state index in [0.29, 0.717) is 11.1 Å². The van der Waals surface area contributed by atoms with E-state index in [9.17, 15) is 14.7 Å². The molecule has 0 fully saturated rings. The predicted molar refractivity (Wildman–Crippen MR) is 84.6 cm³/mol. The number of aliphatic carboxylic acids is 1. The fourth-order valence-electron chi connectivity index (χ4n) is 2.01. The number of aromatic nitrogens is 1. The number of nitrogens with zero attached hydrogens (tertiary/aromatic N) is 1. The van der Waals surface area contributed by atoms with Gasteiger partial charge in [0.25, 0.3) is 5.91 Å². The Labute approximate surface area is 132 Å². The van der Waals surface area contributed by atoms with E-state index in [1.165, 1.54) is 22.7 Å². The van der Waals surface area contributed by atoms with Gasteiger partial charge in [-0.25, -0.2) is 4.98 Å². The molecule has 0 aromatic carbocycles. The van der Waals surface area contributed by atoms with E-state index >= 15 is 0 Å². The summed E-state index contributed by atoms with van der Waals surface area (Å²) in [5.41, 5.74) is 1.28. The summed E-state index contributed by atoms with van der Waals surface area (Å²) in [6, 6.07) is 3.59. The van der Waals surface area contributed by atoms with E-state index < -0.39 is 18.4 Å². The van der Waals surface area contributed by atoms with Crippen LogP contribution in [-0.4, -0.2) is 33.6 Å². The summed E-state index contributed by atoms with van der Waals surface area (Å²) in [6.07, 6.45) is 0. The van der Waals surface area contributed by atoms with E-state index in [2.05, 4.69) is 10.3 Å². The van der Waals surface area contributed by atoms with Crippen molar-refractivity contribution in [1.82, 2.24) is 10.3 Å². The van der Waals surface area contributed by atoms with Gasteiger partial charge in [-0.2, -0.15) is 11.3 Å². The Kier molecular flexibility index (Phi) is 3.78. The van der Waals surface area contributed by atoms with Crippen LogP contribution < -0.4 is 5.32 Å². The Morgan fingerprint density at radius 2 is 2.09 bits per heavy atom. The maximum Gasteiger partial charge on any atom is 0.322 e. The van der Waals surface area contributed by atoms with Crippen molar-refractivity contribution >= 4 is 44.6 Å². The average molecular weight is 334 g/mol. The standard InChI is InChI=1S/C14H10N2O4S2/c17-9(18)5-15-14(20)11-12(19)8-2-4-22-13(8)10(16-11)7-1-3-21-6-7/h1-4,6,19H,5H2,(H,15,20)(H,17,18). The van der Waals surface area contributed by atoms with Crippen molar-refractivity contribution in [3.8, 4) is 17.0 Å². The van der Waals surface area contributed by atoms with Crippen molar-refractivity contribution < 1.29 is 19.8 Å². The molecule has 3 aromatic rings. The van der Waals surface area contributed by atoms with Crippen LogP contribution in [0.2, 0.25) is 0 Å². The first-order valence-electron chi connectivity index (χ1n) is 6.20. The SMILES string of the molecule is O=C(O)CNC(=O)c1nc(-c2ccsc2)c2sccc2c1O. The van der Waals surface area contributed by atoms with Crippen LogP contribution >= 0.6 is 22.7 Å². The topological polar surface area (TPSA) is 99.5 Å². The number of hydrogen-bond acceptors (Lipinski definition) is 6. The summed E-state index contributed by atoms with van der Waals surface area (Å²) in [5.74, 6) is -2.12. The number of rotatable bonds is 4. The Morgan fingerprint density at radius 1 is 1.27 bits per heavy atom. The molecule has 3 aromatic heterocycles. The molecule has 0 atom stereocenters. The fraction of sp³-hybridized carbons (Fsp3) is 0.0714. The summed E-state index contributed by atoms with van der Waals surface area (Å²) in [5, 5.41) is 27.2. The molecule has 1 amide bonds. The third-order valence-corrected chi connectivity index (χ3v) is 4.60. The molecule has 0 unspecified atom stereocenters. The van der Waals surface area contributed by atoms with Crippen LogP contribution in [0.25, 0.3) is 21.3 Å². The average Bonchev–Trinajstić information content (AvgIpc) is 3.16. The largest absolute Gasteiger partial charge is 0.505 e. The number of pyridine rings is 1. The van der Waals surface area contributed by atoms with Crippen LogP contribution in [0.1, 0.15) is 10.5 Å². The van der Waals surface area contributed by atoms with E-state index in [1.807, 2.05) is 16.8 Å². The molecule has 6 nitrogen and oxygen atoms in total. The molecule has 0 aliphatic heterocycles. The van der Waals surface area contributed by atoms with Gasteiger partial charge >= 0.3 is 5.97 Å². The van der Waals surface area contributed by atoms with Crippen molar-refractivity contribution in [2.75, 3.05) is 6.54 Å². The lowest BCUT2D eigenvalue weighted by atomic mass is 10.1. The second-order valence-corrected chi connectivity index (χ2v) is 6.11. The Bertz CT molecular complexity index is 855. The number of hydrogen-bond donors (Lipinski definition) is 3.